The zero-order valence-electron chi connectivity index (χ0n) is 14.9. The Balaban J connectivity index is 1.38. The van der Waals surface area contributed by atoms with Crippen LogP contribution in [0.5, 0.6) is 5.75 Å². The predicted octanol–water partition coefficient (Wildman–Crippen LogP) is 4.38. The van der Waals surface area contributed by atoms with Gasteiger partial charge >= 0.3 is 0 Å². The first-order valence-corrected chi connectivity index (χ1v) is 10.1. The molecule has 1 saturated carbocycles. The highest BCUT2D eigenvalue weighted by molar-refractivity contribution is 7.99. The average molecular weight is 376 g/mol. The number of hydrogen-bond acceptors (Lipinski definition) is 5. The number of thioether (sulfide) groups is 1. The summed E-state index contributed by atoms with van der Waals surface area (Å²) >= 11 is 1.66. The SMILES string of the molecule is N#CCc1ccc(OCCSc2nnc(C3CC3)n2-c2ccccc2)cc1. The Labute approximate surface area is 163 Å². The second kappa shape index (κ2) is 8.28. The molecule has 1 aromatic heterocycles. The van der Waals surface area contributed by atoms with Crippen LogP contribution in [0, 0.1) is 11.3 Å². The van der Waals surface area contributed by atoms with Crippen molar-refractivity contribution in [1.82, 2.24) is 14.8 Å². The van der Waals surface area contributed by atoms with Crippen LogP contribution < -0.4 is 4.74 Å². The molecule has 6 heteroatoms. The molecule has 1 aliphatic rings. The summed E-state index contributed by atoms with van der Waals surface area (Å²) in [4.78, 5) is 0. The largest absolute Gasteiger partial charge is 0.493 e. The molecule has 1 heterocycles. The van der Waals surface area contributed by atoms with Gasteiger partial charge in [-0.25, -0.2) is 0 Å². The standard InChI is InChI=1S/C21H20N4OS/c22-13-12-16-6-10-19(11-7-16)26-14-15-27-21-24-23-20(17-8-9-17)25(21)18-4-2-1-3-5-18/h1-7,10-11,17H,8-9,12,14-15H2. The van der Waals surface area contributed by atoms with Crippen LogP contribution in [0.25, 0.3) is 5.69 Å². The molecule has 0 spiro atoms. The molecule has 0 bridgehead atoms. The molecule has 0 amide bonds. The van der Waals surface area contributed by atoms with Gasteiger partial charge in [0.15, 0.2) is 5.16 Å². The molecule has 5 nitrogen and oxygen atoms in total. The summed E-state index contributed by atoms with van der Waals surface area (Å²) in [6.07, 6.45) is 2.82. The lowest BCUT2D eigenvalue weighted by Gasteiger charge is -2.10. The number of para-hydroxylation sites is 1. The molecule has 0 saturated heterocycles. The maximum atomic E-state index is 8.72. The Morgan fingerprint density at radius 1 is 1.07 bits per heavy atom. The van der Waals surface area contributed by atoms with Crippen molar-refractivity contribution in [2.45, 2.75) is 30.3 Å². The lowest BCUT2D eigenvalue weighted by Crippen LogP contribution is -2.04. The van der Waals surface area contributed by atoms with E-state index in [1.165, 1.54) is 12.8 Å². The van der Waals surface area contributed by atoms with Gasteiger partial charge in [0, 0.05) is 17.4 Å². The van der Waals surface area contributed by atoms with Gasteiger partial charge in [0.05, 0.1) is 19.1 Å². The van der Waals surface area contributed by atoms with Crippen molar-refractivity contribution in [2.24, 2.45) is 0 Å². The van der Waals surface area contributed by atoms with E-state index in [1.54, 1.807) is 11.8 Å². The van der Waals surface area contributed by atoms with Crippen molar-refractivity contribution in [3.63, 3.8) is 0 Å². The van der Waals surface area contributed by atoms with Gasteiger partial charge in [-0.1, -0.05) is 42.1 Å². The van der Waals surface area contributed by atoms with E-state index in [9.17, 15) is 0 Å². The molecule has 0 aliphatic heterocycles. The highest BCUT2D eigenvalue weighted by atomic mass is 32.2. The van der Waals surface area contributed by atoms with Crippen molar-refractivity contribution in [1.29, 1.82) is 5.26 Å². The van der Waals surface area contributed by atoms with Crippen LogP contribution in [0.4, 0.5) is 0 Å². The zero-order chi connectivity index (χ0) is 18.5. The van der Waals surface area contributed by atoms with Crippen LogP contribution in [0.2, 0.25) is 0 Å². The van der Waals surface area contributed by atoms with Crippen LogP contribution >= 0.6 is 11.8 Å². The number of hydrogen-bond donors (Lipinski definition) is 0. The summed E-state index contributed by atoms with van der Waals surface area (Å²) in [5, 5.41) is 18.5. The van der Waals surface area contributed by atoms with Crippen LogP contribution in [0.15, 0.2) is 59.8 Å². The summed E-state index contributed by atoms with van der Waals surface area (Å²) in [5.41, 5.74) is 2.11. The Morgan fingerprint density at radius 2 is 1.85 bits per heavy atom. The second-order valence-electron chi connectivity index (χ2n) is 6.46. The van der Waals surface area contributed by atoms with E-state index >= 15 is 0 Å². The van der Waals surface area contributed by atoms with Gasteiger partial charge in [-0.2, -0.15) is 5.26 Å². The van der Waals surface area contributed by atoms with E-state index in [1.807, 2.05) is 42.5 Å². The quantitative estimate of drug-likeness (QED) is 0.431. The Kier molecular flexibility index (Phi) is 5.40. The normalized spacial score (nSPS) is 13.3. The molecule has 2 aromatic carbocycles. The topological polar surface area (TPSA) is 63.7 Å². The molecule has 1 fully saturated rings. The summed E-state index contributed by atoms with van der Waals surface area (Å²) in [6, 6.07) is 20.1. The number of aromatic nitrogens is 3. The Bertz CT molecular complexity index is 927. The maximum absolute atomic E-state index is 8.72. The van der Waals surface area contributed by atoms with Gasteiger partial charge in [-0.15, -0.1) is 10.2 Å². The van der Waals surface area contributed by atoms with E-state index in [2.05, 4.69) is 33.0 Å². The lowest BCUT2D eigenvalue weighted by atomic mass is 10.2. The van der Waals surface area contributed by atoms with Gasteiger partial charge in [-0.3, -0.25) is 4.57 Å². The molecule has 0 atom stereocenters. The van der Waals surface area contributed by atoms with Crippen LogP contribution in [0.3, 0.4) is 0 Å². The smallest absolute Gasteiger partial charge is 0.195 e. The highest BCUT2D eigenvalue weighted by Crippen LogP contribution is 2.41. The average Bonchev–Trinajstić information content (AvgIpc) is 3.47. The maximum Gasteiger partial charge on any atom is 0.195 e. The second-order valence-corrected chi connectivity index (χ2v) is 7.52. The van der Waals surface area contributed by atoms with E-state index in [0.717, 1.165) is 33.7 Å². The molecule has 4 rings (SSSR count). The first-order chi connectivity index (χ1) is 13.3. The van der Waals surface area contributed by atoms with Crippen LogP contribution in [0.1, 0.15) is 30.1 Å². The molecule has 0 unspecified atom stereocenters. The summed E-state index contributed by atoms with van der Waals surface area (Å²) in [6.45, 7) is 0.586. The van der Waals surface area contributed by atoms with Gasteiger partial charge in [0.25, 0.3) is 0 Å². The molecule has 27 heavy (non-hydrogen) atoms. The van der Waals surface area contributed by atoms with E-state index in [4.69, 9.17) is 10.00 Å². The molecular weight excluding hydrogens is 356 g/mol. The fourth-order valence-electron chi connectivity index (χ4n) is 2.89. The molecule has 136 valence electrons. The first kappa shape index (κ1) is 17.6. The van der Waals surface area contributed by atoms with Gasteiger partial charge in [-0.05, 0) is 42.7 Å². The highest BCUT2D eigenvalue weighted by Gasteiger charge is 2.30. The fraction of sp³-hybridized carbons (Fsp3) is 0.286. The van der Waals surface area contributed by atoms with Gasteiger partial charge < -0.3 is 4.74 Å². The summed E-state index contributed by atoms with van der Waals surface area (Å²) < 4.78 is 7.99. The summed E-state index contributed by atoms with van der Waals surface area (Å²) in [5.74, 6) is 3.21. The third kappa shape index (κ3) is 4.32. The van der Waals surface area contributed by atoms with Crippen LogP contribution in [-0.4, -0.2) is 27.1 Å². The Morgan fingerprint density at radius 3 is 2.56 bits per heavy atom. The number of rotatable bonds is 8. The minimum atomic E-state index is 0.425. The molecule has 0 radical (unpaired) electrons. The first-order valence-electron chi connectivity index (χ1n) is 9.07. The number of benzene rings is 2. The van der Waals surface area contributed by atoms with Crippen molar-refractivity contribution in [2.75, 3.05) is 12.4 Å². The zero-order valence-corrected chi connectivity index (χ0v) is 15.7. The van der Waals surface area contributed by atoms with Crippen molar-refractivity contribution in [3.05, 3.63) is 66.0 Å². The minimum Gasteiger partial charge on any atom is -0.493 e. The minimum absolute atomic E-state index is 0.425. The fourth-order valence-corrected chi connectivity index (χ4v) is 3.66. The van der Waals surface area contributed by atoms with Crippen molar-refractivity contribution >= 4 is 11.8 Å². The van der Waals surface area contributed by atoms with Gasteiger partial charge in [0.2, 0.25) is 0 Å². The van der Waals surface area contributed by atoms with E-state index in [-0.39, 0.29) is 0 Å². The number of ether oxygens (including phenoxy) is 1. The van der Waals surface area contributed by atoms with E-state index < -0.39 is 0 Å². The Hall–Kier alpha value is -2.78. The monoisotopic (exact) mass is 376 g/mol. The number of nitrogens with zero attached hydrogens (tertiary/aromatic N) is 4. The third-order valence-electron chi connectivity index (χ3n) is 4.41. The molecule has 0 N–H and O–H groups in total. The van der Waals surface area contributed by atoms with Crippen molar-refractivity contribution in [3.8, 4) is 17.5 Å². The van der Waals surface area contributed by atoms with Gasteiger partial charge in [0.1, 0.15) is 11.6 Å². The molecule has 3 aromatic rings. The lowest BCUT2D eigenvalue weighted by molar-refractivity contribution is 0.344. The third-order valence-corrected chi connectivity index (χ3v) is 5.30. The van der Waals surface area contributed by atoms with Crippen LogP contribution in [-0.2, 0) is 6.42 Å². The predicted molar refractivity (Wildman–Crippen MR) is 105 cm³/mol. The molecular formula is C21H20N4OS. The molecule has 1 aliphatic carbocycles. The van der Waals surface area contributed by atoms with Crippen molar-refractivity contribution < 1.29 is 4.74 Å². The van der Waals surface area contributed by atoms with E-state index in [0.29, 0.717) is 18.9 Å². The number of nitriles is 1. The summed E-state index contributed by atoms with van der Waals surface area (Å²) in [7, 11) is 0.